The smallest absolute Gasteiger partial charge is 0.262 e. The standard InChI is InChI=1S/C26H21Cl2NO3/c1-16-21(28)5-4-6-22(16)29-23(18-8-10-20(27)11-9-18)15-19(26(29)30)13-17-7-12-24(31-2)25(14-17)32-3/h4-15H,1-3H3/b19-13+. The summed E-state index contributed by atoms with van der Waals surface area (Å²) in [4.78, 5) is 15.3. The molecule has 0 atom stereocenters. The van der Waals surface area contributed by atoms with E-state index in [1.807, 2.05) is 67.6 Å². The monoisotopic (exact) mass is 465 g/mol. The Morgan fingerprint density at radius 3 is 2.31 bits per heavy atom. The molecule has 4 nitrogen and oxygen atoms in total. The molecule has 1 aliphatic heterocycles. The molecule has 0 aromatic heterocycles. The Morgan fingerprint density at radius 2 is 1.62 bits per heavy atom. The molecule has 162 valence electrons. The second-order valence-corrected chi connectivity index (χ2v) is 8.12. The normalized spacial score (nSPS) is 14.7. The molecule has 0 N–H and O–H groups in total. The summed E-state index contributed by atoms with van der Waals surface area (Å²) in [5, 5.41) is 1.23. The summed E-state index contributed by atoms with van der Waals surface area (Å²) >= 11 is 12.5. The van der Waals surface area contributed by atoms with E-state index in [0.717, 1.165) is 28.1 Å². The van der Waals surface area contributed by atoms with Crippen LogP contribution >= 0.6 is 23.2 Å². The van der Waals surface area contributed by atoms with Crippen LogP contribution in [0.5, 0.6) is 11.5 Å². The lowest BCUT2D eigenvalue weighted by atomic mass is 10.1. The Labute approximate surface area is 197 Å². The minimum atomic E-state index is -0.143. The second-order valence-electron chi connectivity index (χ2n) is 7.28. The maximum Gasteiger partial charge on any atom is 0.262 e. The Bertz CT molecular complexity index is 1250. The summed E-state index contributed by atoms with van der Waals surface area (Å²) in [6.45, 7) is 1.90. The van der Waals surface area contributed by atoms with E-state index in [-0.39, 0.29) is 5.91 Å². The molecule has 0 unspecified atom stereocenters. The number of rotatable bonds is 5. The molecule has 0 radical (unpaired) electrons. The fraction of sp³-hybridized carbons (Fsp3) is 0.115. The van der Waals surface area contributed by atoms with Crippen molar-refractivity contribution in [3.63, 3.8) is 0 Å². The van der Waals surface area contributed by atoms with Crippen molar-refractivity contribution in [2.45, 2.75) is 6.92 Å². The molecule has 1 heterocycles. The van der Waals surface area contributed by atoms with Crippen molar-refractivity contribution in [2.75, 3.05) is 19.1 Å². The molecule has 3 aromatic rings. The highest BCUT2D eigenvalue weighted by atomic mass is 35.5. The van der Waals surface area contributed by atoms with Gasteiger partial charge in [0.05, 0.1) is 25.6 Å². The number of carbonyl (C=O) groups excluding carboxylic acids is 1. The first kappa shape index (κ1) is 22.0. The van der Waals surface area contributed by atoms with Gasteiger partial charge < -0.3 is 9.47 Å². The SMILES string of the molecule is COc1ccc(/C=C2\C=C(c3ccc(Cl)cc3)N(c3cccc(Cl)c3C)C2=O)cc1OC. The van der Waals surface area contributed by atoms with Gasteiger partial charge in [0.1, 0.15) is 0 Å². The highest BCUT2D eigenvalue weighted by molar-refractivity contribution is 6.32. The third-order valence-electron chi connectivity index (χ3n) is 5.33. The quantitative estimate of drug-likeness (QED) is 0.389. The Morgan fingerprint density at radius 1 is 0.906 bits per heavy atom. The Kier molecular flexibility index (Phi) is 6.26. The molecule has 0 saturated heterocycles. The summed E-state index contributed by atoms with van der Waals surface area (Å²) in [5.74, 6) is 1.08. The number of halogens is 2. The predicted molar refractivity (Wildman–Crippen MR) is 131 cm³/mol. The highest BCUT2D eigenvalue weighted by Gasteiger charge is 2.31. The summed E-state index contributed by atoms with van der Waals surface area (Å²) in [7, 11) is 3.17. The van der Waals surface area contributed by atoms with Gasteiger partial charge >= 0.3 is 0 Å². The lowest BCUT2D eigenvalue weighted by Crippen LogP contribution is -2.25. The van der Waals surface area contributed by atoms with Gasteiger partial charge in [-0.05, 0) is 72.2 Å². The number of hydrogen-bond acceptors (Lipinski definition) is 3. The first-order chi connectivity index (χ1) is 15.4. The van der Waals surface area contributed by atoms with Crippen LogP contribution in [0.2, 0.25) is 10.0 Å². The van der Waals surface area contributed by atoms with Crippen molar-refractivity contribution >= 4 is 46.6 Å². The van der Waals surface area contributed by atoms with E-state index >= 15 is 0 Å². The Hall–Kier alpha value is -3.21. The number of methoxy groups -OCH3 is 2. The summed E-state index contributed by atoms with van der Waals surface area (Å²) in [6.07, 6.45) is 3.71. The molecule has 3 aromatic carbocycles. The number of amides is 1. The van der Waals surface area contributed by atoms with E-state index in [0.29, 0.717) is 27.1 Å². The maximum atomic E-state index is 13.6. The average Bonchev–Trinajstić information content (AvgIpc) is 3.11. The third kappa shape index (κ3) is 4.12. The molecular formula is C26H21Cl2NO3. The van der Waals surface area contributed by atoms with Crippen molar-refractivity contribution in [3.05, 3.63) is 99.0 Å². The maximum absolute atomic E-state index is 13.6. The third-order valence-corrected chi connectivity index (χ3v) is 5.99. The van der Waals surface area contributed by atoms with Crippen molar-refractivity contribution in [3.8, 4) is 11.5 Å². The minimum absolute atomic E-state index is 0.143. The number of ether oxygens (including phenoxy) is 2. The van der Waals surface area contributed by atoms with Gasteiger partial charge in [0.25, 0.3) is 5.91 Å². The van der Waals surface area contributed by atoms with Gasteiger partial charge in [-0.25, -0.2) is 0 Å². The van der Waals surface area contributed by atoms with Crippen LogP contribution in [0, 0.1) is 6.92 Å². The zero-order valence-corrected chi connectivity index (χ0v) is 19.4. The lowest BCUT2D eigenvalue weighted by Gasteiger charge is -2.23. The van der Waals surface area contributed by atoms with Crippen LogP contribution in [0.4, 0.5) is 5.69 Å². The molecule has 1 aliphatic rings. The van der Waals surface area contributed by atoms with Crippen LogP contribution in [0.15, 0.2) is 72.3 Å². The molecule has 0 saturated carbocycles. The number of benzene rings is 3. The summed E-state index contributed by atoms with van der Waals surface area (Å²) in [6, 6.07) is 18.5. The number of nitrogens with zero attached hydrogens (tertiary/aromatic N) is 1. The van der Waals surface area contributed by atoms with E-state index < -0.39 is 0 Å². The van der Waals surface area contributed by atoms with Crippen molar-refractivity contribution < 1.29 is 14.3 Å². The van der Waals surface area contributed by atoms with Gasteiger partial charge in [-0.15, -0.1) is 0 Å². The molecule has 0 fully saturated rings. The van der Waals surface area contributed by atoms with Crippen molar-refractivity contribution in [2.24, 2.45) is 0 Å². The molecule has 0 spiro atoms. The second kappa shape index (κ2) is 9.11. The molecule has 6 heteroatoms. The van der Waals surface area contributed by atoms with E-state index in [2.05, 4.69) is 0 Å². The van der Waals surface area contributed by atoms with Gasteiger partial charge in [-0.2, -0.15) is 0 Å². The highest BCUT2D eigenvalue weighted by Crippen LogP contribution is 2.39. The minimum Gasteiger partial charge on any atom is -0.493 e. The molecule has 1 amide bonds. The van der Waals surface area contributed by atoms with Crippen LogP contribution < -0.4 is 14.4 Å². The first-order valence-electron chi connectivity index (χ1n) is 9.94. The summed E-state index contributed by atoms with van der Waals surface area (Å²) in [5.41, 5.74) is 4.56. The van der Waals surface area contributed by atoms with E-state index in [1.165, 1.54) is 0 Å². The van der Waals surface area contributed by atoms with Gasteiger partial charge in [0, 0.05) is 15.6 Å². The number of hydrogen-bond donors (Lipinski definition) is 0. The average molecular weight is 466 g/mol. The zero-order valence-electron chi connectivity index (χ0n) is 17.9. The zero-order chi connectivity index (χ0) is 22.8. The lowest BCUT2D eigenvalue weighted by molar-refractivity contribution is -0.113. The fourth-order valence-electron chi connectivity index (χ4n) is 3.65. The Balaban J connectivity index is 1.84. The molecule has 0 bridgehead atoms. The van der Waals surface area contributed by atoms with Crippen LogP contribution in [0.25, 0.3) is 11.8 Å². The molecule has 0 aliphatic carbocycles. The van der Waals surface area contributed by atoms with Crippen LogP contribution in [0.1, 0.15) is 16.7 Å². The van der Waals surface area contributed by atoms with Crippen LogP contribution in [-0.2, 0) is 4.79 Å². The topological polar surface area (TPSA) is 38.8 Å². The summed E-state index contributed by atoms with van der Waals surface area (Å²) < 4.78 is 10.7. The number of anilines is 1. The van der Waals surface area contributed by atoms with Crippen LogP contribution in [-0.4, -0.2) is 20.1 Å². The van der Waals surface area contributed by atoms with Gasteiger partial charge in [0.15, 0.2) is 11.5 Å². The fourth-order valence-corrected chi connectivity index (χ4v) is 3.94. The van der Waals surface area contributed by atoms with E-state index in [4.69, 9.17) is 32.7 Å². The van der Waals surface area contributed by atoms with Gasteiger partial charge in [0.2, 0.25) is 0 Å². The predicted octanol–water partition coefficient (Wildman–Crippen LogP) is 6.79. The van der Waals surface area contributed by atoms with Crippen molar-refractivity contribution in [1.29, 1.82) is 0 Å². The molecular weight excluding hydrogens is 445 g/mol. The first-order valence-corrected chi connectivity index (χ1v) is 10.7. The van der Waals surface area contributed by atoms with Crippen LogP contribution in [0.3, 0.4) is 0 Å². The largest absolute Gasteiger partial charge is 0.493 e. The van der Waals surface area contributed by atoms with Crippen molar-refractivity contribution in [1.82, 2.24) is 0 Å². The van der Waals surface area contributed by atoms with Gasteiger partial charge in [-0.1, -0.05) is 47.5 Å². The van der Waals surface area contributed by atoms with E-state index in [9.17, 15) is 4.79 Å². The molecule has 4 rings (SSSR count). The van der Waals surface area contributed by atoms with Gasteiger partial charge in [-0.3, -0.25) is 9.69 Å². The van der Waals surface area contributed by atoms with E-state index in [1.54, 1.807) is 31.3 Å². The number of carbonyl (C=O) groups is 1. The molecule has 32 heavy (non-hydrogen) atoms.